The summed E-state index contributed by atoms with van der Waals surface area (Å²) in [6.07, 6.45) is 5.37. The number of anilines is 1. The van der Waals surface area contributed by atoms with Gasteiger partial charge in [0.15, 0.2) is 0 Å². The Labute approximate surface area is 166 Å². The van der Waals surface area contributed by atoms with Crippen molar-refractivity contribution in [3.63, 3.8) is 0 Å². The number of aliphatic imine (C=N–C) groups is 1. The van der Waals surface area contributed by atoms with Crippen LogP contribution in [0.4, 0.5) is 5.82 Å². The van der Waals surface area contributed by atoms with Crippen LogP contribution < -0.4 is 16.2 Å². The van der Waals surface area contributed by atoms with Crippen molar-refractivity contribution < 1.29 is 0 Å². The van der Waals surface area contributed by atoms with E-state index in [9.17, 15) is 4.79 Å². The predicted octanol–water partition coefficient (Wildman–Crippen LogP) is 2.20. The van der Waals surface area contributed by atoms with Gasteiger partial charge >= 0.3 is 0 Å². The minimum absolute atomic E-state index is 0.0976. The van der Waals surface area contributed by atoms with Gasteiger partial charge in [0.2, 0.25) is 0 Å². The summed E-state index contributed by atoms with van der Waals surface area (Å²) in [6, 6.07) is 1.81. The largest absolute Gasteiger partial charge is 0.355 e. The van der Waals surface area contributed by atoms with E-state index < -0.39 is 0 Å². The van der Waals surface area contributed by atoms with Gasteiger partial charge in [0.05, 0.1) is 18.4 Å². The van der Waals surface area contributed by atoms with E-state index >= 15 is 0 Å². The fourth-order valence-electron chi connectivity index (χ4n) is 3.17. The second-order valence-electron chi connectivity index (χ2n) is 7.30. The van der Waals surface area contributed by atoms with Crippen LogP contribution in [0.5, 0.6) is 0 Å². The summed E-state index contributed by atoms with van der Waals surface area (Å²) in [7, 11) is 1.67. The quantitative estimate of drug-likeness (QED) is 0.825. The molecule has 27 heavy (non-hydrogen) atoms. The summed E-state index contributed by atoms with van der Waals surface area (Å²) < 4.78 is 1.45. The van der Waals surface area contributed by atoms with Crippen LogP contribution in [0.2, 0.25) is 5.02 Å². The molecule has 2 aliphatic heterocycles. The summed E-state index contributed by atoms with van der Waals surface area (Å²) in [5.74, 6) is 0.873. The number of halogens is 1. The van der Waals surface area contributed by atoms with Crippen LogP contribution in [-0.4, -0.2) is 38.2 Å². The van der Waals surface area contributed by atoms with Gasteiger partial charge in [0.25, 0.3) is 5.56 Å². The molecule has 0 saturated carbocycles. The van der Waals surface area contributed by atoms with E-state index in [0.717, 1.165) is 48.2 Å². The molecule has 0 spiro atoms. The van der Waals surface area contributed by atoms with Crippen LogP contribution >= 0.6 is 23.4 Å². The van der Waals surface area contributed by atoms with Gasteiger partial charge < -0.3 is 15.2 Å². The van der Waals surface area contributed by atoms with Crippen molar-refractivity contribution in [1.29, 1.82) is 0 Å². The smallest absolute Gasteiger partial charge is 0.270 e. The zero-order valence-corrected chi connectivity index (χ0v) is 16.8. The third kappa shape index (κ3) is 3.61. The van der Waals surface area contributed by atoms with E-state index in [-0.39, 0.29) is 16.1 Å². The molecule has 2 aromatic rings. The van der Waals surface area contributed by atoms with E-state index in [1.165, 1.54) is 16.3 Å². The minimum Gasteiger partial charge on any atom is -0.355 e. The number of hydrogen-bond donors (Lipinski definition) is 1. The first-order valence-corrected chi connectivity index (χ1v) is 10.0. The van der Waals surface area contributed by atoms with Crippen molar-refractivity contribution in [1.82, 2.24) is 14.5 Å². The number of aromatic nitrogens is 3. The van der Waals surface area contributed by atoms with Crippen LogP contribution in [-0.2, 0) is 13.6 Å². The van der Waals surface area contributed by atoms with Gasteiger partial charge in [-0.2, -0.15) is 0 Å². The molecular weight excluding hydrogens is 384 g/mol. The topological polar surface area (TPSA) is 89.4 Å². The Morgan fingerprint density at radius 1 is 1.33 bits per heavy atom. The number of piperidine rings is 1. The molecular formula is C18H21ClN6OS. The zero-order valence-electron chi connectivity index (χ0n) is 15.3. The number of thioether (sulfide) groups is 1. The predicted molar refractivity (Wildman–Crippen MR) is 109 cm³/mol. The van der Waals surface area contributed by atoms with Crippen LogP contribution in [0.3, 0.4) is 0 Å². The minimum atomic E-state index is -0.223. The molecule has 0 amide bonds. The maximum absolute atomic E-state index is 12.0. The molecule has 9 heteroatoms. The lowest BCUT2D eigenvalue weighted by atomic mass is 9.91. The standard InChI is InChI=1S/C18H21ClN6OS/c1-18(20)4-7-25(8-5-18)13-10-21-15-11(23-13)9-22-16(15)27-12-3-6-24(2)17(26)14(12)19/h3,6,10H,4-5,7-9,20H2,1-2H3. The average molecular weight is 405 g/mol. The Bertz CT molecular complexity index is 976. The average Bonchev–Trinajstić information content (AvgIpc) is 3.04. The molecule has 2 N–H and O–H groups in total. The third-order valence-electron chi connectivity index (χ3n) is 5.02. The van der Waals surface area contributed by atoms with Gasteiger partial charge in [-0.3, -0.25) is 9.79 Å². The van der Waals surface area contributed by atoms with Gasteiger partial charge in [0, 0.05) is 36.8 Å². The molecule has 2 aliphatic rings. The first-order chi connectivity index (χ1) is 12.8. The Morgan fingerprint density at radius 2 is 2.07 bits per heavy atom. The highest BCUT2D eigenvalue weighted by Crippen LogP contribution is 2.32. The molecule has 1 fully saturated rings. The number of fused-ring (bicyclic) bond motifs is 1. The van der Waals surface area contributed by atoms with Crippen molar-refractivity contribution in [2.45, 2.75) is 36.7 Å². The van der Waals surface area contributed by atoms with Crippen LogP contribution in [0.25, 0.3) is 0 Å². The second kappa shape index (κ2) is 6.92. The first kappa shape index (κ1) is 18.5. The second-order valence-corrected chi connectivity index (χ2v) is 8.71. The monoisotopic (exact) mass is 404 g/mol. The maximum Gasteiger partial charge on any atom is 0.270 e. The van der Waals surface area contributed by atoms with E-state index in [2.05, 4.69) is 21.8 Å². The lowest BCUT2D eigenvalue weighted by molar-refractivity contribution is 0.363. The van der Waals surface area contributed by atoms with Gasteiger partial charge in [-0.15, -0.1) is 0 Å². The van der Waals surface area contributed by atoms with Crippen LogP contribution in [0.15, 0.2) is 33.1 Å². The van der Waals surface area contributed by atoms with E-state index in [4.69, 9.17) is 22.3 Å². The van der Waals surface area contributed by atoms with Crippen LogP contribution in [0.1, 0.15) is 31.2 Å². The molecule has 4 rings (SSSR count). The van der Waals surface area contributed by atoms with Crippen molar-refractivity contribution in [3.8, 4) is 0 Å². The van der Waals surface area contributed by atoms with Gasteiger partial charge in [-0.25, -0.2) is 9.97 Å². The number of nitrogens with zero attached hydrogens (tertiary/aromatic N) is 5. The molecule has 0 aliphatic carbocycles. The zero-order chi connectivity index (χ0) is 19.2. The molecule has 2 aromatic heterocycles. The molecule has 7 nitrogen and oxygen atoms in total. The molecule has 4 heterocycles. The van der Waals surface area contributed by atoms with Gasteiger partial charge in [-0.05, 0) is 25.8 Å². The Hall–Kier alpha value is -1.90. The fraction of sp³-hybridized carbons (Fsp3) is 0.444. The Balaban J connectivity index is 1.53. The molecule has 0 radical (unpaired) electrons. The maximum atomic E-state index is 12.0. The highest BCUT2D eigenvalue weighted by Gasteiger charge is 2.28. The molecule has 1 saturated heterocycles. The summed E-state index contributed by atoms with van der Waals surface area (Å²) in [5, 5.41) is 0.941. The van der Waals surface area contributed by atoms with Crippen molar-refractivity contribution in [3.05, 3.63) is 45.2 Å². The van der Waals surface area contributed by atoms with E-state index in [0.29, 0.717) is 11.4 Å². The molecule has 142 valence electrons. The van der Waals surface area contributed by atoms with Crippen molar-refractivity contribution in [2.24, 2.45) is 17.8 Å². The Morgan fingerprint density at radius 3 is 2.81 bits per heavy atom. The number of rotatable bonds is 2. The summed E-state index contributed by atoms with van der Waals surface area (Å²) in [5.41, 5.74) is 7.52. The number of nitrogens with two attached hydrogens (primary N) is 1. The summed E-state index contributed by atoms with van der Waals surface area (Å²) >= 11 is 7.55. The summed E-state index contributed by atoms with van der Waals surface area (Å²) in [6.45, 7) is 4.35. The SMILES string of the molecule is Cn1ccc(SC2=NCc3nc(N4CCC(C)(N)CC4)cnc32)c(Cl)c1=O. The first-order valence-electron chi connectivity index (χ1n) is 8.82. The number of hydrogen-bond acceptors (Lipinski definition) is 7. The van der Waals surface area contributed by atoms with Crippen molar-refractivity contribution >= 4 is 34.2 Å². The fourth-order valence-corrected chi connectivity index (χ4v) is 4.39. The van der Waals surface area contributed by atoms with Crippen LogP contribution in [0, 0.1) is 0 Å². The molecule has 0 atom stereocenters. The molecule has 0 unspecified atom stereocenters. The Kier molecular flexibility index (Phi) is 4.73. The highest BCUT2D eigenvalue weighted by molar-refractivity contribution is 8.14. The number of aryl methyl sites for hydroxylation is 1. The van der Waals surface area contributed by atoms with Gasteiger partial charge in [0.1, 0.15) is 21.6 Å². The third-order valence-corrected chi connectivity index (χ3v) is 6.57. The van der Waals surface area contributed by atoms with Crippen molar-refractivity contribution in [2.75, 3.05) is 18.0 Å². The normalized spacial score (nSPS) is 18.4. The van der Waals surface area contributed by atoms with E-state index in [1.807, 2.05) is 6.07 Å². The van der Waals surface area contributed by atoms with Gasteiger partial charge in [-0.1, -0.05) is 23.4 Å². The number of pyridine rings is 1. The lowest BCUT2D eigenvalue weighted by Gasteiger charge is -2.37. The highest BCUT2D eigenvalue weighted by atomic mass is 35.5. The summed E-state index contributed by atoms with van der Waals surface area (Å²) in [4.78, 5) is 28.8. The van der Waals surface area contributed by atoms with E-state index in [1.54, 1.807) is 19.4 Å². The lowest BCUT2D eigenvalue weighted by Crippen LogP contribution is -2.48. The molecule has 0 aromatic carbocycles. The molecule has 0 bridgehead atoms.